The van der Waals surface area contributed by atoms with Crippen LogP contribution in [0, 0.1) is 10.8 Å². The van der Waals surface area contributed by atoms with Crippen molar-refractivity contribution in [1.82, 2.24) is 52.3 Å². The van der Waals surface area contributed by atoms with Gasteiger partial charge < -0.3 is 62.5 Å². The normalized spacial score (nSPS) is 19.3. The number of likely N-dealkylation sites (tertiary alicyclic amines) is 2. The van der Waals surface area contributed by atoms with Crippen LogP contribution in [-0.2, 0) is 41.6 Å². The van der Waals surface area contributed by atoms with Gasteiger partial charge in [-0.25, -0.2) is 0 Å². The maximum Gasteiger partial charge on any atom is 0.251 e. The SMILES string of the molecule is CN[C@@H](C)C(=O)N[C@H](C(=O)N1C[C@@H](NC(=O)c2cccc(C(=O)N[C@H]3C[C@@H](C(=O)NCCc4ccc(O)cc4)N(C(=O)[C@@H](NC(=O)[C@H](C)NC)C(C)(C)C)C3)c2)C[C@H]1C(=O)NCCc1ccc(O)cc1)C(C)(C)C. The number of phenols is 2. The van der Waals surface area contributed by atoms with Gasteiger partial charge in [-0.2, -0.15) is 0 Å². The van der Waals surface area contributed by atoms with Crippen LogP contribution < -0.4 is 42.5 Å². The standard InChI is InChI=1S/C54H76N10O10/c1-31(55-9)45(67)61-43(53(3,4)5)51(73)63-29-37(27-41(63)49(71)57-24-22-33-14-18-39(65)19-15-33)59-47(69)35-12-11-13-36(26-35)48(70)60-38-28-42(50(72)58-25-23-34-16-20-40(66)21-17-34)64(30-38)52(74)44(54(6,7)8)62-46(68)32(2)56-10/h11-21,26,31-32,37-38,41-44,55-56,65-66H,22-25,27-30H2,1-10H3,(H,57,71)(H,58,72)(H,59,69)(H,60,70)(H,61,67)(H,62,68)/t31-,32-,37-,38-,41-,42-,43+,44+/m0/s1. The van der Waals surface area contributed by atoms with Gasteiger partial charge in [0.25, 0.3) is 11.8 Å². The molecule has 3 aromatic rings. The number of aromatic hydroxyl groups is 2. The first kappa shape index (κ1) is 57.8. The van der Waals surface area contributed by atoms with E-state index < -0.39 is 106 Å². The lowest BCUT2D eigenvalue weighted by Gasteiger charge is -2.36. The molecule has 0 bridgehead atoms. The summed E-state index contributed by atoms with van der Waals surface area (Å²) in [6, 6.07) is 12.5. The smallest absolute Gasteiger partial charge is 0.251 e. The van der Waals surface area contributed by atoms with Crippen molar-refractivity contribution >= 4 is 47.3 Å². The second-order valence-corrected chi connectivity index (χ2v) is 21.5. The summed E-state index contributed by atoms with van der Waals surface area (Å²) < 4.78 is 0. The summed E-state index contributed by atoms with van der Waals surface area (Å²) in [6.45, 7) is 14.5. The highest BCUT2D eigenvalue weighted by Crippen LogP contribution is 2.29. The zero-order valence-corrected chi connectivity index (χ0v) is 44.3. The number of nitrogens with one attached hydrogen (secondary N) is 8. The Morgan fingerprint density at radius 1 is 0.568 bits per heavy atom. The van der Waals surface area contributed by atoms with Crippen molar-refractivity contribution < 1.29 is 48.6 Å². The first-order valence-electron chi connectivity index (χ1n) is 25.2. The van der Waals surface area contributed by atoms with Crippen molar-refractivity contribution in [2.75, 3.05) is 40.3 Å². The fraction of sp³-hybridized carbons (Fsp3) is 0.519. The second-order valence-electron chi connectivity index (χ2n) is 21.5. The van der Waals surface area contributed by atoms with Gasteiger partial charge in [0.05, 0.1) is 12.1 Å². The molecule has 0 unspecified atom stereocenters. The molecule has 2 saturated heterocycles. The Kier molecular flexibility index (Phi) is 19.7. The summed E-state index contributed by atoms with van der Waals surface area (Å²) in [5.41, 5.74) is 0.439. The van der Waals surface area contributed by atoms with Crippen LogP contribution in [0.3, 0.4) is 0 Å². The molecule has 2 aliphatic heterocycles. The fourth-order valence-electron chi connectivity index (χ4n) is 8.85. The van der Waals surface area contributed by atoms with Crippen LogP contribution >= 0.6 is 0 Å². The number of carbonyl (C=O) groups excluding carboxylic acids is 8. The summed E-state index contributed by atoms with van der Waals surface area (Å²) in [7, 11) is 3.25. The molecule has 0 aromatic heterocycles. The van der Waals surface area contributed by atoms with Gasteiger partial charge in [0.2, 0.25) is 35.4 Å². The largest absolute Gasteiger partial charge is 0.508 e. The van der Waals surface area contributed by atoms with Crippen LogP contribution in [0.15, 0.2) is 72.8 Å². The molecule has 20 nitrogen and oxygen atoms in total. The fourth-order valence-corrected chi connectivity index (χ4v) is 8.85. The molecule has 0 saturated carbocycles. The van der Waals surface area contributed by atoms with Crippen LogP contribution in [0.5, 0.6) is 11.5 Å². The molecule has 74 heavy (non-hydrogen) atoms. The highest BCUT2D eigenvalue weighted by Gasteiger charge is 2.47. The van der Waals surface area contributed by atoms with Gasteiger partial charge in [-0.15, -0.1) is 0 Å². The molecule has 2 heterocycles. The number of rotatable bonds is 20. The Morgan fingerprint density at radius 3 is 1.24 bits per heavy atom. The van der Waals surface area contributed by atoms with Crippen molar-refractivity contribution in [3.05, 3.63) is 95.1 Å². The zero-order valence-electron chi connectivity index (χ0n) is 44.3. The number of hydrogen-bond donors (Lipinski definition) is 10. The first-order valence-corrected chi connectivity index (χ1v) is 25.2. The third kappa shape index (κ3) is 15.5. The Hall–Kier alpha value is -7.06. The highest BCUT2D eigenvalue weighted by atomic mass is 16.3. The van der Waals surface area contributed by atoms with E-state index in [9.17, 15) is 48.6 Å². The molecule has 20 heteroatoms. The third-order valence-electron chi connectivity index (χ3n) is 13.6. The number of phenolic OH excluding ortho intramolecular Hbond substituents is 2. The molecule has 8 atom stereocenters. The van der Waals surface area contributed by atoms with Crippen molar-refractivity contribution in [3.8, 4) is 11.5 Å². The predicted octanol–water partition coefficient (Wildman–Crippen LogP) is 1.49. The summed E-state index contributed by atoms with van der Waals surface area (Å²) in [4.78, 5) is 114. The summed E-state index contributed by atoms with van der Waals surface area (Å²) >= 11 is 0. The predicted molar refractivity (Wildman–Crippen MR) is 279 cm³/mol. The molecule has 10 N–H and O–H groups in total. The molecular weight excluding hydrogens is 949 g/mol. The van der Waals surface area contributed by atoms with E-state index in [1.54, 1.807) is 82.5 Å². The second kappa shape index (κ2) is 25.3. The minimum Gasteiger partial charge on any atom is -0.508 e. The molecule has 2 fully saturated rings. The van der Waals surface area contributed by atoms with Gasteiger partial charge in [0, 0.05) is 49.4 Å². The van der Waals surface area contributed by atoms with Gasteiger partial charge in [-0.3, -0.25) is 38.4 Å². The number of amides is 8. The maximum atomic E-state index is 14.5. The molecule has 3 aromatic carbocycles. The van der Waals surface area contributed by atoms with Crippen LogP contribution in [-0.4, -0.2) is 156 Å². The summed E-state index contributed by atoms with van der Waals surface area (Å²) in [5, 5.41) is 42.6. The number of carbonyl (C=O) groups is 8. The minimum absolute atomic E-state index is 0.0527. The minimum atomic E-state index is -1.03. The van der Waals surface area contributed by atoms with E-state index in [1.165, 1.54) is 28.0 Å². The van der Waals surface area contributed by atoms with Gasteiger partial charge in [0.1, 0.15) is 35.7 Å². The lowest BCUT2D eigenvalue weighted by Crippen LogP contribution is -2.59. The van der Waals surface area contributed by atoms with Crippen LogP contribution in [0.1, 0.15) is 100 Å². The first-order chi connectivity index (χ1) is 34.8. The highest BCUT2D eigenvalue weighted by molar-refractivity contribution is 6.01. The van der Waals surface area contributed by atoms with Crippen molar-refractivity contribution in [2.45, 2.75) is 129 Å². The van der Waals surface area contributed by atoms with Crippen molar-refractivity contribution in [1.29, 1.82) is 0 Å². The molecule has 0 aliphatic carbocycles. The molecule has 8 amide bonds. The molecule has 0 radical (unpaired) electrons. The quantitative estimate of drug-likeness (QED) is 0.0772. The van der Waals surface area contributed by atoms with E-state index >= 15 is 0 Å². The van der Waals surface area contributed by atoms with E-state index in [0.29, 0.717) is 12.8 Å². The molecule has 0 spiro atoms. The molecule has 5 rings (SSSR count). The number of hydrogen-bond acceptors (Lipinski definition) is 12. The van der Waals surface area contributed by atoms with Crippen molar-refractivity contribution in [2.24, 2.45) is 10.8 Å². The van der Waals surface area contributed by atoms with Crippen LogP contribution in [0.25, 0.3) is 0 Å². The van der Waals surface area contributed by atoms with Crippen LogP contribution in [0.2, 0.25) is 0 Å². The zero-order chi connectivity index (χ0) is 54.7. The maximum absolute atomic E-state index is 14.5. The Balaban J connectivity index is 1.32. The van der Waals surface area contributed by atoms with Crippen molar-refractivity contribution in [3.63, 3.8) is 0 Å². The summed E-state index contributed by atoms with van der Waals surface area (Å²) in [6.07, 6.45) is 1.00. The lowest BCUT2D eigenvalue weighted by atomic mass is 9.85. The Morgan fingerprint density at radius 2 is 0.919 bits per heavy atom. The molecular formula is C54H76N10O10. The Bertz CT molecular complexity index is 2320. The third-order valence-corrected chi connectivity index (χ3v) is 13.6. The Labute approximate surface area is 433 Å². The monoisotopic (exact) mass is 1020 g/mol. The van der Waals surface area contributed by atoms with Gasteiger partial charge in [-0.05, 0) is 118 Å². The van der Waals surface area contributed by atoms with Gasteiger partial charge in [0.15, 0.2) is 0 Å². The molecule has 402 valence electrons. The van der Waals surface area contributed by atoms with Gasteiger partial charge >= 0.3 is 0 Å². The van der Waals surface area contributed by atoms with E-state index in [0.717, 1.165) is 11.1 Å². The van der Waals surface area contributed by atoms with Gasteiger partial charge in [-0.1, -0.05) is 71.9 Å². The topological polar surface area (TPSA) is 280 Å². The van der Waals surface area contributed by atoms with E-state index in [-0.39, 0.29) is 61.6 Å². The van der Waals surface area contributed by atoms with E-state index in [4.69, 9.17) is 0 Å². The molecule has 2 aliphatic rings. The number of nitrogens with zero attached hydrogens (tertiary/aromatic N) is 2. The lowest BCUT2D eigenvalue weighted by molar-refractivity contribution is -0.144. The van der Waals surface area contributed by atoms with E-state index in [1.807, 2.05) is 41.5 Å². The number of likely N-dealkylation sites (N-methyl/N-ethyl adjacent to an activating group) is 2. The van der Waals surface area contributed by atoms with Crippen LogP contribution in [0.4, 0.5) is 0 Å². The van der Waals surface area contributed by atoms with E-state index in [2.05, 4.69) is 42.5 Å². The number of benzene rings is 3. The average Bonchev–Trinajstić information content (AvgIpc) is 3.99. The summed E-state index contributed by atoms with van der Waals surface area (Å²) in [5.74, 6) is -3.60. The average molecular weight is 1030 g/mol.